The highest BCUT2D eigenvalue weighted by atomic mass is 35.5. The minimum atomic E-state index is 0.503. The van der Waals surface area contributed by atoms with Gasteiger partial charge in [0.1, 0.15) is 5.15 Å². The number of nitrogens with zero attached hydrogens (tertiary/aromatic N) is 1. The maximum absolute atomic E-state index is 5.58. The number of halogens is 1. The van der Waals surface area contributed by atoms with E-state index in [9.17, 15) is 0 Å². The Bertz CT molecular complexity index is 209. The molecule has 0 aliphatic heterocycles. The summed E-state index contributed by atoms with van der Waals surface area (Å²) in [4.78, 5) is 3.89. The van der Waals surface area contributed by atoms with E-state index >= 15 is 0 Å². The lowest BCUT2D eigenvalue weighted by Gasteiger charge is -2.02. The third-order valence-electron chi connectivity index (χ3n) is 1.20. The molecule has 0 aromatic carbocycles. The molecule has 0 aliphatic rings. The van der Waals surface area contributed by atoms with Gasteiger partial charge in [-0.1, -0.05) is 11.6 Å². The van der Waals surface area contributed by atoms with E-state index in [1.54, 1.807) is 12.3 Å². The van der Waals surface area contributed by atoms with Crippen LogP contribution in [0, 0.1) is 0 Å². The van der Waals surface area contributed by atoms with E-state index in [4.69, 9.17) is 17.3 Å². The molecule has 1 heterocycles. The molecule has 4 heteroatoms. The first-order chi connectivity index (χ1) is 5.33. The summed E-state index contributed by atoms with van der Waals surface area (Å²) in [5.41, 5.74) is 6.24. The van der Waals surface area contributed by atoms with Gasteiger partial charge in [-0.25, -0.2) is 4.98 Å². The van der Waals surface area contributed by atoms with Crippen molar-refractivity contribution in [2.24, 2.45) is 5.73 Å². The van der Waals surface area contributed by atoms with Crippen molar-refractivity contribution in [3.8, 4) is 0 Å². The van der Waals surface area contributed by atoms with Crippen molar-refractivity contribution < 1.29 is 0 Å². The third kappa shape index (κ3) is 2.74. The number of nitrogens with two attached hydrogens (primary N) is 1. The lowest BCUT2D eigenvalue weighted by molar-refractivity contribution is 1.02. The summed E-state index contributed by atoms with van der Waals surface area (Å²) in [6, 6.07) is 3.60. The van der Waals surface area contributed by atoms with Gasteiger partial charge in [-0.3, -0.25) is 0 Å². The van der Waals surface area contributed by atoms with Crippen LogP contribution in [0.25, 0.3) is 0 Å². The summed E-state index contributed by atoms with van der Waals surface area (Å²) in [7, 11) is 0. The number of anilines is 1. The predicted molar refractivity (Wildman–Crippen MR) is 46.8 cm³/mol. The summed E-state index contributed by atoms with van der Waals surface area (Å²) >= 11 is 5.58. The normalized spacial score (nSPS) is 9.64. The van der Waals surface area contributed by atoms with E-state index < -0.39 is 0 Å². The average Bonchev–Trinajstić information content (AvgIpc) is 2.04. The molecule has 0 bridgehead atoms. The largest absolute Gasteiger partial charge is 0.383 e. The summed E-state index contributed by atoms with van der Waals surface area (Å²) in [6.45, 7) is 1.37. The molecule has 0 fully saturated rings. The standard InChI is InChI=1S/C7H10ClN3/c8-7-2-1-6(5-11-7)10-4-3-9/h1-2,5,10H,3-4,9H2. The van der Waals surface area contributed by atoms with E-state index in [1.165, 1.54) is 0 Å². The van der Waals surface area contributed by atoms with E-state index in [0.29, 0.717) is 11.7 Å². The molecule has 0 atom stereocenters. The molecule has 1 aromatic rings. The highest BCUT2D eigenvalue weighted by Gasteiger charge is 1.90. The number of hydrogen-bond donors (Lipinski definition) is 2. The zero-order valence-corrected chi connectivity index (χ0v) is 6.80. The van der Waals surface area contributed by atoms with Gasteiger partial charge in [-0.15, -0.1) is 0 Å². The number of nitrogens with one attached hydrogen (secondary N) is 1. The molecule has 0 amide bonds. The second-order valence-electron chi connectivity index (χ2n) is 2.09. The summed E-state index contributed by atoms with van der Waals surface area (Å²) in [5, 5.41) is 3.58. The molecule has 0 saturated carbocycles. The molecule has 3 N–H and O–H groups in total. The van der Waals surface area contributed by atoms with Crippen LogP contribution in [-0.4, -0.2) is 18.1 Å². The first kappa shape index (κ1) is 8.30. The number of pyridine rings is 1. The van der Waals surface area contributed by atoms with Crippen LogP contribution in [-0.2, 0) is 0 Å². The Morgan fingerprint density at radius 2 is 2.36 bits per heavy atom. The highest BCUT2D eigenvalue weighted by Crippen LogP contribution is 2.08. The molecule has 1 aromatic heterocycles. The second kappa shape index (κ2) is 4.16. The van der Waals surface area contributed by atoms with Gasteiger partial charge in [0, 0.05) is 13.1 Å². The molecule has 0 saturated heterocycles. The van der Waals surface area contributed by atoms with Crippen LogP contribution in [0.15, 0.2) is 18.3 Å². The van der Waals surface area contributed by atoms with Crippen LogP contribution in [0.5, 0.6) is 0 Å². The molecule has 1 rings (SSSR count). The Balaban J connectivity index is 2.52. The van der Waals surface area contributed by atoms with Crippen molar-refractivity contribution in [1.29, 1.82) is 0 Å². The van der Waals surface area contributed by atoms with Crippen molar-refractivity contribution in [2.45, 2.75) is 0 Å². The lowest BCUT2D eigenvalue weighted by atomic mass is 10.4. The quantitative estimate of drug-likeness (QED) is 0.670. The van der Waals surface area contributed by atoms with Gasteiger partial charge >= 0.3 is 0 Å². The zero-order valence-electron chi connectivity index (χ0n) is 6.05. The van der Waals surface area contributed by atoms with Crippen molar-refractivity contribution >= 4 is 17.3 Å². The van der Waals surface area contributed by atoms with Gasteiger partial charge in [0.15, 0.2) is 0 Å². The second-order valence-corrected chi connectivity index (χ2v) is 2.47. The molecule has 3 nitrogen and oxygen atoms in total. The van der Waals surface area contributed by atoms with Gasteiger partial charge < -0.3 is 11.1 Å². The summed E-state index contributed by atoms with van der Waals surface area (Å²) in [6.07, 6.45) is 1.68. The molecule has 11 heavy (non-hydrogen) atoms. The Morgan fingerprint density at radius 1 is 1.55 bits per heavy atom. The van der Waals surface area contributed by atoms with Gasteiger partial charge in [0.2, 0.25) is 0 Å². The fourth-order valence-electron chi connectivity index (χ4n) is 0.697. The van der Waals surface area contributed by atoms with Gasteiger partial charge in [-0.05, 0) is 12.1 Å². The number of aromatic nitrogens is 1. The Kier molecular flexibility index (Phi) is 3.14. The SMILES string of the molecule is NCCNc1ccc(Cl)nc1. The van der Waals surface area contributed by atoms with Crippen molar-refractivity contribution in [3.05, 3.63) is 23.5 Å². The maximum atomic E-state index is 5.58. The molecule has 0 aliphatic carbocycles. The Morgan fingerprint density at radius 3 is 2.91 bits per heavy atom. The van der Waals surface area contributed by atoms with Gasteiger partial charge in [0.25, 0.3) is 0 Å². The predicted octanol–water partition coefficient (Wildman–Crippen LogP) is 1.11. The van der Waals surface area contributed by atoms with E-state index in [1.807, 2.05) is 6.07 Å². The summed E-state index contributed by atoms with van der Waals surface area (Å²) in [5.74, 6) is 0. The average molecular weight is 172 g/mol. The van der Waals surface area contributed by atoms with E-state index in [-0.39, 0.29) is 0 Å². The van der Waals surface area contributed by atoms with Crippen LogP contribution in [0.3, 0.4) is 0 Å². The fraction of sp³-hybridized carbons (Fsp3) is 0.286. The van der Waals surface area contributed by atoms with Crippen molar-refractivity contribution in [1.82, 2.24) is 4.98 Å². The van der Waals surface area contributed by atoms with E-state index in [2.05, 4.69) is 10.3 Å². The summed E-state index contributed by atoms with van der Waals surface area (Å²) < 4.78 is 0. The Hall–Kier alpha value is -0.800. The number of rotatable bonds is 3. The minimum Gasteiger partial charge on any atom is -0.383 e. The molecular formula is C7H10ClN3. The minimum absolute atomic E-state index is 0.503. The topological polar surface area (TPSA) is 50.9 Å². The number of hydrogen-bond acceptors (Lipinski definition) is 3. The highest BCUT2D eigenvalue weighted by molar-refractivity contribution is 6.29. The van der Waals surface area contributed by atoms with Crippen molar-refractivity contribution in [3.63, 3.8) is 0 Å². The van der Waals surface area contributed by atoms with Crippen LogP contribution in [0.1, 0.15) is 0 Å². The third-order valence-corrected chi connectivity index (χ3v) is 1.42. The first-order valence-corrected chi connectivity index (χ1v) is 3.76. The fourth-order valence-corrected chi connectivity index (χ4v) is 0.809. The van der Waals surface area contributed by atoms with E-state index in [0.717, 1.165) is 12.2 Å². The van der Waals surface area contributed by atoms with Gasteiger partial charge in [0.05, 0.1) is 11.9 Å². The van der Waals surface area contributed by atoms with Crippen molar-refractivity contribution in [2.75, 3.05) is 18.4 Å². The Labute approximate surface area is 70.6 Å². The molecule has 0 spiro atoms. The monoisotopic (exact) mass is 171 g/mol. The van der Waals surface area contributed by atoms with Crippen LogP contribution >= 0.6 is 11.6 Å². The van der Waals surface area contributed by atoms with Crippen LogP contribution in [0.4, 0.5) is 5.69 Å². The lowest BCUT2D eigenvalue weighted by Crippen LogP contribution is -2.12. The molecule has 60 valence electrons. The van der Waals surface area contributed by atoms with Gasteiger partial charge in [-0.2, -0.15) is 0 Å². The molecular weight excluding hydrogens is 162 g/mol. The molecule has 0 unspecified atom stereocenters. The molecule has 0 radical (unpaired) electrons. The smallest absolute Gasteiger partial charge is 0.129 e. The zero-order chi connectivity index (χ0) is 8.10. The van der Waals surface area contributed by atoms with Crippen LogP contribution < -0.4 is 11.1 Å². The first-order valence-electron chi connectivity index (χ1n) is 3.38. The van der Waals surface area contributed by atoms with Crippen LogP contribution in [0.2, 0.25) is 5.15 Å². The maximum Gasteiger partial charge on any atom is 0.129 e.